The zero-order valence-corrected chi connectivity index (χ0v) is 23.1. The summed E-state index contributed by atoms with van der Waals surface area (Å²) in [5.74, 6) is 4.67. The molecule has 0 amide bonds. The van der Waals surface area contributed by atoms with Crippen molar-refractivity contribution in [2.24, 2.45) is 61.5 Å². The molecule has 4 saturated carbocycles. The number of hydrogen-bond donors (Lipinski definition) is 0. The smallest absolute Gasteiger partial charge is 0.159 e. The topological polar surface area (TPSA) is 66.6 Å². The number of aliphatic imine (C=N–C) groups is 1. The van der Waals surface area contributed by atoms with E-state index in [9.17, 15) is 4.79 Å². The molecule has 36 heavy (non-hydrogen) atoms. The number of fused-ring (bicyclic) bond motifs is 5. The quantitative estimate of drug-likeness (QED) is 0.295. The maximum absolute atomic E-state index is 13.7. The number of rotatable bonds is 7. The molecule has 5 rings (SSSR count). The molecule has 0 N–H and O–H groups in total. The molecule has 0 aromatic rings. The van der Waals surface area contributed by atoms with Gasteiger partial charge in [-0.1, -0.05) is 37.9 Å². The van der Waals surface area contributed by atoms with E-state index in [-0.39, 0.29) is 23.7 Å². The number of ketones is 1. The first-order chi connectivity index (χ1) is 17.3. The normalized spacial score (nSPS) is 42.8. The molecule has 0 saturated heterocycles. The van der Waals surface area contributed by atoms with Gasteiger partial charge in [0.05, 0.1) is 11.6 Å². The number of nitrogens with zero attached hydrogens (tertiary/aromatic N) is 4. The summed E-state index contributed by atoms with van der Waals surface area (Å²) in [6, 6.07) is 0. The average Bonchev–Trinajstić information content (AvgIpc) is 3.22. The zero-order chi connectivity index (χ0) is 25.5. The summed E-state index contributed by atoms with van der Waals surface area (Å²) in [5, 5.41) is 10.5. The summed E-state index contributed by atoms with van der Waals surface area (Å²) >= 11 is 5.97. The first-order valence-corrected chi connectivity index (χ1v) is 14.4. The maximum Gasteiger partial charge on any atom is 0.159 e. The van der Waals surface area contributed by atoms with E-state index in [1.807, 2.05) is 13.2 Å². The number of Topliss-reactive ketones (excluding diaryl/α,β-unsaturated/α-hetero) is 1. The predicted molar refractivity (Wildman–Crippen MR) is 146 cm³/mol. The fourth-order valence-corrected chi connectivity index (χ4v) is 9.47. The van der Waals surface area contributed by atoms with Gasteiger partial charge in [-0.15, -0.1) is 5.10 Å². The summed E-state index contributed by atoms with van der Waals surface area (Å²) in [5.41, 5.74) is 0.422. The fraction of sp³-hybridized carbons (Fsp3) is 0.793. The third-order valence-corrected chi connectivity index (χ3v) is 11.2. The second-order valence-corrected chi connectivity index (χ2v) is 13.0. The van der Waals surface area contributed by atoms with Gasteiger partial charge in [-0.05, 0) is 91.8 Å². The van der Waals surface area contributed by atoms with Crippen molar-refractivity contribution in [2.45, 2.75) is 78.1 Å². The number of allylic oxidation sites excluding steroid dienone is 1. The molecule has 8 atom stereocenters. The second-order valence-electron chi connectivity index (χ2n) is 12.6. The Labute approximate surface area is 221 Å². The Balaban J connectivity index is 1.31. The van der Waals surface area contributed by atoms with Crippen LogP contribution in [0.4, 0.5) is 0 Å². The van der Waals surface area contributed by atoms with Gasteiger partial charge in [-0.2, -0.15) is 10.2 Å². The van der Waals surface area contributed by atoms with Crippen molar-refractivity contribution in [3.8, 4) is 0 Å². The largest absolute Gasteiger partial charge is 0.384 e. The minimum Gasteiger partial charge on any atom is -0.384 e. The number of carbonyl (C=O) groups is 1. The SMILES string of the molecule is C=NN(CC(=O)C1CCC2C3CCC4CC(C)CCC4(COC)C3CCC12C)/N=C1\CC=C(Cl)C=N1. The molecule has 0 bridgehead atoms. The molecular weight excluding hydrogens is 472 g/mol. The number of hydrazone groups is 2. The van der Waals surface area contributed by atoms with Crippen LogP contribution >= 0.6 is 11.6 Å². The highest BCUT2D eigenvalue weighted by molar-refractivity contribution is 6.40. The number of carbonyl (C=O) groups excluding carboxylic acids is 1. The lowest BCUT2D eigenvalue weighted by Gasteiger charge is -2.62. The summed E-state index contributed by atoms with van der Waals surface area (Å²) < 4.78 is 5.94. The summed E-state index contributed by atoms with van der Waals surface area (Å²) in [7, 11) is 1.90. The molecule has 0 radical (unpaired) electrons. The third kappa shape index (κ3) is 4.51. The van der Waals surface area contributed by atoms with E-state index in [2.05, 4.69) is 35.8 Å². The highest BCUT2D eigenvalue weighted by Crippen LogP contribution is 2.68. The maximum atomic E-state index is 13.7. The zero-order valence-electron chi connectivity index (χ0n) is 22.3. The highest BCUT2D eigenvalue weighted by atomic mass is 35.5. The number of methoxy groups -OCH3 is 1. The molecule has 1 heterocycles. The first kappa shape index (κ1) is 26.1. The van der Waals surface area contributed by atoms with Crippen molar-refractivity contribution < 1.29 is 9.53 Å². The van der Waals surface area contributed by atoms with Crippen molar-refractivity contribution in [1.29, 1.82) is 0 Å². The van der Waals surface area contributed by atoms with E-state index in [4.69, 9.17) is 16.3 Å². The number of amidine groups is 1. The number of ether oxygens (including phenoxy) is 1. The van der Waals surface area contributed by atoms with E-state index in [1.54, 1.807) is 6.21 Å². The molecule has 8 unspecified atom stereocenters. The Hall–Kier alpha value is -1.53. The fourth-order valence-electron chi connectivity index (χ4n) is 9.34. The molecule has 0 aromatic heterocycles. The Bertz CT molecular complexity index is 963. The van der Waals surface area contributed by atoms with Crippen molar-refractivity contribution in [2.75, 3.05) is 20.3 Å². The molecule has 4 aliphatic carbocycles. The molecule has 4 fully saturated rings. The molecule has 198 valence electrons. The standard InChI is InChI=1S/C29H43ClN4O2/c1-19-11-14-29(18-36-4)20(15-19)5-7-22-23-8-9-25(28(23,2)13-12-24(22)29)26(35)17-34(31-3)33-27-10-6-21(30)16-32-27/h6,16,19-20,22-25H,3,5,7-15,17-18H2,1-2,4H3/b33-27+. The van der Waals surface area contributed by atoms with Gasteiger partial charge in [0, 0.05) is 32.4 Å². The van der Waals surface area contributed by atoms with E-state index in [0.29, 0.717) is 28.6 Å². The van der Waals surface area contributed by atoms with Gasteiger partial charge < -0.3 is 4.74 Å². The van der Waals surface area contributed by atoms with Crippen LogP contribution in [0.5, 0.6) is 0 Å². The van der Waals surface area contributed by atoms with Crippen molar-refractivity contribution in [1.82, 2.24) is 5.12 Å². The van der Waals surface area contributed by atoms with Crippen molar-refractivity contribution in [3.05, 3.63) is 11.1 Å². The lowest BCUT2D eigenvalue weighted by atomic mass is 9.44. The molecular formula is C29H43ClN4O2. The van der Waals surface area contributed by atoms with Crippen LogP contribution in [0, 0.1) is 46.3 Å². The molecule has 1 aliphatic heterocycles. The van der Waals surface area contributed by atoms with Gasteiger partial charge in [0.1, 0.15) is 6.54 Å². The number of hydrogen-bond acceptors (Lipinski definition) is 5. The molecule has 0 aromatic carbocycles. The van der Waals surface area contributed by atoms with Crippen molar-refractivity contribution in [3.63, 3.8) is 0 Å². The van der Waals surface area contributed by atoms with E-state index in [0.717, 1.165) is 43.1 Å². The minimum atomic E-state index is 0.0691. The molecule has 0 spiro atoms. The van der Waals surface area contributed by atoms with E-state index >= 15 is 0 Å². The summed E-state index contributed by atoms with van der Waals surface area (Å²) in [4.78, 5) is 17.9. The first-order valence-electron chi connectivity index (χ1n) is 14.0. The van der Waals surface area contributed by atoms with Crippen molar-refractivity contribution >= 4 is 36.2 Å². The van der Waals surface area contributed by atoms with Crippen LogP contribution < -0.4 is 0 Å². The van der Waals surface area contributed by atoms with Gasteiger partial charge in [-0.3, -0.25) is 4.79 Å². The molecule has 6 nitrogen and oxygen atoms in total. The lowest BCUT2D eigenvalue weighted by Crippen LogP contribution is -2.56. The van der Waals surface area contributed by atoms with Gasteiger partial charge in [-0.25, -0.2) is 4.99 Å². The van der Waals surface area contributed by atoms with Gasteiger partial charge in [0.2, 0.25) is 0 Å². The van der Waals surface area contributed by atoms with Crippen LogP contribution in [0.15, 0.2) is 26.3 Å². The Morgan fingerprint density at radius 3 is 2.78 bits per heavy atom. The predicted octanol–water partition coefficient (Wildman–Crippen LogP) is 6.31. The van der Waals surface area contributed by atoms with Gasteiger partial charge in [0.15, 0.2) is 11.6 Å². The molecule has 5 aliphatic rings. The van der Waals surface area contributed by atoms with Crippen LogP contribution in [0.1, 0.15) is 78.1 Å². The summed E-state index contributed by atoms with van der Waals surface area (Å²) in [6.45, 7) is 9.58. The van der Waals surface area contributed by atoms with E-state index < -0.39 is 0 Å². The Kier molecular flexibility index (Phi) is 7.48. The van der Waals surface area contributed by atoms with Crippen LogP contribution in [-0.4, -0.2) is 49.9 Å². The lowest BCUT2D eigenvalue weighted by molar-refractivity contribution is -0.154. The Morgan fingerprint density at radius 2 is 2.06 bits per heavy atom. The number of halogens is 1. The second kappa shape index (κ2) is 10.3. The monoisotopic (exact) mass is 514 g/mol. The minimum absolute atomic E-state index is 0.0691. The van der Waals surface area contributed by atoms with Crippen LogP contribution in [0.3, 0.4) is 0 Å². The van der Waals surface area contributed by atoms with Gasteiger partial charge >= 0.3 is 0 Å². The highest BCUT2D eigenvalue weighted by Gasteiger charge is 2.62. The summed E-state index contributed by atoms with van der Waals surface area (Å²) in [6.07, 6.45) is 15.2. The van der Waals surface area contributed by atoms with E-state index in [1.165, 1.54) is 50.1 Å². The number of dihydropyridines is 1. The third-order valence-electron chi connectivity index (χ3n) is 10.9. The Morgan fingerprint density at radius 1 is 1.22 bits per heavy atom. The van der Waals surface area contributed by atoms with Crippen LogP contribution in [0.25, 0.3) is 0 Å². The molecule has 7 heteroatoms. The van der Waals surface area contributed by atoms with Crippen LogP contribution in [-0.2, 0) is 9.53 Å². The average molecular weight is 515 g/mol. The van der Waals surface area contributed by atoms with Crippen LogP contribution in [0.2, 0.25) is 0 Å². The van der Waals surface area contributed by atoms with Gasteiger partial charge in [0.25, 0.3) is 0 Å².